The van der Waals surface area contributed by atoms with Gasteiger partial charge in [-0.2, -0.15) is 0 Å². The van der Waals surface area contributed by atoms with Crippen LogP contribution in [-0.4, -0.2) is 37.6 Å². The Labute approximate surface area is 125 Å². The number of ether oxygens (including phenoxy) is 1. The normalized spacial score (nSPS) is 12.3. The van der Waals surface area contributed by atoms with Crippen LogP contribution in [0.5, 0.6) is 0 Å². The number of carbonyl (C=O) groups excluding carboxylic acids is 1. The smallest absolute Gasteiger partial charge is 0.225 e. The van der Waals surface area contributed by atoms with Crippen molar-refractivity contribution in [3.8, 4) is 0 Å². The Kier molecular flexibility index (Phi) is 5.31. The Bertz CT molecular complexity index is 609. The number of amides is 1. The first-order valence-electron chi connectivity index (χ1n) is 7.08. The largest absolute Gasteiger partial charge is 0.380 e. The molecule has 0 heterocycles. The van der Waals surface area contributed by atoms with Crippen molar-refractivity contribution in [2.24, 2.45) is 5.73 Å². The number of methoxy groups -OCH3 is 1. The van der Waals surface area contributed by atoms with Gasteiger partial charge in [-0.1, -0.05) is 36.4 Å². The summed E-state index contributed by atoms with van der Waals surface area (Å²) in [5.74, 6) is 0.0421. The summed E-state index contributed by atoms with van der Waals surface area (Å²) in [6.45, 7) is 0.941. The Morgan fingerprint density at radius 3 is 2.62 bits per heavy atom. The van der Waals surface area contributed by atoms with Crippen LogP contribution in [-0.2, 0) is 16.1 Å². The minimum atomic E-state index is -0.212. The lowest BCUT2D eigenvalue weighted by Gasteiger charge is -2.20. The molecule has 0 saturated heterocycles. The molecule has 4 nitrogen and oxygen atoms in total. The minimum absolute atomic E-state index is 0.0421. The standard InChI is InChI=1S/C17H22N2O2/c1-19(17(20)10-16(11-18)21-2)12-13-7-8-14-5-3-4-6-15(14)9-13/h3-9,16H,10-12,18H2,1-2H3. The summed E-state index contributed by atoms with van der Waals surface area (Å²) in [5, 5.41) is 2.39. The van der Waals surface area contributed by atoms with Crippen LogP contribution in [0.4, 0.5) is 0 Å². The van der Waals surface area contributed by atoms with E-state index in [0.717, 1.165) is 5.56 Å². The molecule has 0 aliphatic rings. The van der Waals surface area contributed by atoms with Gasteiger partial charge >= 0.3 is 0 Å². The first-order valence-corrected chi connectivity index (χ1v) is 7.08. The average Bonchev–Trinajstić information content (AvgIpc) is 2.52. The Morgan fingerprint density at radius 1 is 1.24 bits per heavy atom. The third-order valence-electron chi connectivity index (χ3n) is 3.66. The van der Waals surface area contributed by atoms with Gasteiger partial charge < -0.3 is 15.4 Å². The van der Waals surface area contributed by atoms with E-state index in [-0.39, 0.29) is 12.0 Å². The van der Waals surface area contributed by atoms with Gasteiger partial charge in [0, 0.05) is 27.2 Å². The Hall–Kier alpha value is -1.91. The lowest BCUT2D eigenvalue weighted by atomic mass is 10.1. The van der Waals surface area contributed by atoms with E-state index in [1.165, 1.54) is 10.8 Å². The first kappa shape index (κ1) is 15.5. The molecule has 1 atom stereocenters. The molecular weight excluding hydrogens is 264 g/mol. The van der Waals surface area contributed by atoms with E-state index in [1.54, 1.807) is 19.1 Å². The zero-order chi connectivity index (χ0) is 15.2. The molecule has 112 valence electrons. The number of benzene rings is 2. The summed E-state index contributed by atoms with van der Waals surface area (Å²) in [6.07, 6.45) is 0.105. The molecule has 0 bridgehead atoms. The van der Waals surface area contributed by atoms with Crippen molar-refractivity contribution in [2.45, 2.75) is 19.1 Å². The van der Waals surface area contributed by atoms with E-state index in [0.29, 0.717) is 19.5 Å². The van der Waals surface area contributed by atoms with Crippen molar-refractivity contribution < 1.29 is 9.53 Å². The van der Waals surface area contributed by atoms with Crippen molar-refractivity contribution in [3.63, 3.8) is 0 Å². The minimum Gasteiger partial charge on any atom is -0.380 e. The van der Waals surface area contributed by atoms with E-state index in [4.69, 9.17) is 10.5 Å². The molecule has 0 spiro atoms. The van der Waals surface area contributed by atoms with Crippen LogP contribution in [0.3, 0.4) is 0 Å². The first-order chi connectivity index (χ1) is 10.1. The van der Waals surface area contributed by atoms with Crippen molar-refractivity contribution >= 4 is 16.7 Å². The fraction of sp³-hybridized carbons (Fsp3) is 0.353. The highest BCUT2D eigenvalue weighted by Gasteiger charge is 2.15. The van der Waals surface area contributed by atoms with Gasteiger partial charge in [0.2, 0.25) is 5.91 Å². The molecule has 2 rings (SSSR count). The summed E-state index contributed by atoms with van der Waals surface area (Å²) in [6, 6.07) is 14.5. The number of nitrogens with zero attached hydrogens (tertiary/aromatic N) is 1. The molecule has 21 heavy (non-hydrogen) atoms. The van der Waals surface area contributed by atoms with Gasteiger partial charge in [-0.05, 0) is 22.4 Å². The number of fused-ring (bicyclic) bond motifs is 1. The highest BCUT2D eigenvalue weighted by atomic mass is 16.5. The highest BCUT2D eigenvalue weighted by Crippen LogP contribution is 2.17. The van der Waals surface area contributed by atoms with Gasteiger partial charge in [0.15, 0.2) is 0 Å². The number of hydrogen-bond acceptors (Lipinski definition) is 3. The van der Waals surface area contributed by atoms with E-state index in [9.17, 15) is 4.79 Å². The number of rotatable bonds is 6. The number of hydrogen-bond donors (Lipinski definition) is 1. The van der Waals surface area contributed by atoms with E-state index < -0.39 is 0 Å². The molecule has 0 fully saturated rings. The fourth-order valence-electron chi connectivity index (χ4n) is 2.31. The predicted molar refractivity (Wildman–Crippen MR) is 84.9 cm³/mol. The summed E-state index contributed by atoms with van der Waals surface area (Å²) >= 11 is 0. The lowest BCUT2D eigenvalue weighted by Crippen LogP contribution is -2.33. The van der Waals surface area contributed by atoms with Gasteiger partial charge in [-0.25, -0.2) is 0 Å². The summed E-state index contributed by atoms with van der Waals surface area (Å²) in [4.78, 5) is 13.8. The van der Waals surface area contributed by atoms with Gasteiger partial charge in [-0.3, -0.25) is 4.79 Å². The second-order valence-electron chi connectivity index (χ2n) is 5.23. The van der Waals surface area contributed by atoms with Crippen LogP contribution < -0.4 is 5.73 Å². The van der Waals surface area contributed by atoms with Gasteiger partial charge in [-0.15, -0.1) is 0 Å². The summed E-state index contributed by atoms with van der Waals surface area (Å²) in [5.41, 5.74) is 6.67. The monoisotopic (exact) mass is 286 g/mol. The quantitative estimate of drug-likeness (QED) is 0.885. The lowest BCUT2D eigenvalue weighted by molar-refractivity contribution is -0.132. The molecule has 0 radical (unpaired) electrons. The molecule has 1 unspecified atom stereocenters. The maximum absolute atomic E-state index is 12.1. The second kappa shape index (κ2) is 7.20. The molecular formula is C17H22N2O2. The van der Waals surface area contributed by atoms with E-state index >= 15 is 0 Å². The number of carbonyl (C=O) groups is 1. The maximum Gasteiger partial charge on any atom is 0.225 e. The molecule has 0 aliphatic heterocycles. The summed E-state index contributed by atoms with van der Waals surface area (Å²) < 4.78 is 5.16. The topological polar surface area (TPSA) is 55.6 Å². The van der Waals surface area contributed by atoms with Crippen LogP contribution in [0.1, 0.15) is 12.0 Å². The predicted octanol–water partition coefficient (Wildman–Crippen LogP) is 2.16. The van der Waals surface area contributed by atoms with Gasteiger partial charge in [0.05, 0.1) is 12.5 Å². The number of nitrogens with two attached hydrogens (primary N) is 1. The van der Waals surface area contributed by atoms with Crippen LogP contribution in [0, 0.1) is 0 Å². The van der Waals surface area contributed by atoms with Gasteiger partial charge in [0.1, 0.15) is 0 Å². The van der Waals surface area contributed by atoms with Crippen LogP contribution in [0.15, 0.2) is 42.5 Å². The fourth-order valence-corrected chi connectivity index (χ4v) is 2.31. The van der Waals surface area contributed by atoms with Gasteiger partial charge in [0.25, 0.3) is 0 Å². The Balaban J connectivity index is 2.03. The Morgan fingerprint density at radius 2 is 1.95 bits per heavy atom. The third kappa shape index (κ3) is 4.03. The van der Waals surface area contributed by atoms with Crippen molar-refractivity contribution in [2.75, 3.05) is 20.7 Å². The molecule has 4 heteroatoms. The molecule has 0 saturated carbocycles. The maximum atomic E-state index is 12.1. The zero-order valence-corrected chi connectivity index (χ0v) is 12.6. The van der Waals surface area contributed by atoms with Crippen LogP contribution >= 0.6 is 0 Å². The zero-order valence-electron chi connectivity index (χ0n) is 12.6. The average molecular weight is 286 g/mol. The van der Waals surface area contributed by atoms with Crippen molar-refractivity contribution in [3.05, 3.63) is 48.0 Å². The van der Waals surface area contributed by atoms with Crippen molar-refractivity contribution in [1.82, 2.24) is 4.90 Å². The second-order valence-corrected chi connectivity index (χ2v) is 5.23. The van der Waals surface area contributed by atoms with E-state index in [2.05, 4.69) is 30.3 Å². The van der Waals surface area contributed by atoms with E-state index in [1.807, 2.05) is 12.1 Å². The van der Waals surface area contributed by atoms with Crippen LogP contribution in [0.2, 0.25) is 0 Å². The van der Waals surface area contributed by atoms with Crippen LogP contribution in [0.25, 0.3) is 10.8 Å². The molecule has 2 aromatic carbocycles. The molecule has 1 amide bonds. The van der Waals surface area contributed by atoms with Crippen molar-refractivity contribution in [1.29, 1.82) is 0 Å². The SMILES string of the molecule is COC(CN)CC(=O)N(C)Cc1ccc2ccccc2c1. The third-order valence-corrected chi connectivity index (χ3v) is 3.66. The summed E-state index contributed by atoms with van der Waals surface area (Å²) in [7, 11) is 3.38. The highest BCUT2D eigenvalue weighted by molar-refractivity contribution is 5.83. The molecule has 0 aromatic heterocycles. The molecule has 2 aromatic rings. The molecule has 2 N–H and O–H groups in total. The molecule has 0 aliphatic carbocycles.